The summed E-state index contributed by atoms with van der Waals surface area (Å²) in [6, 6.07) is 16.2. The van der Waals surface area contributed by atoms with Gasteiger partial charge in [0.05, 0.1) is 23.2 Å². The van der Waals surface area contributed by atoms with Gasteiger partial charge in [0.2, 0.25) is 0 Å². The molecule has 4 rings (SSSR count). The third kappa shape index (κ3) is 4.76. The lowest BCUT2D eigenvalue weighted by molar-refractivity contribution is 0.0955. The van der Waals surface area contributed by atoms with Crippen LogP contribution >= 0.6 is 11.3 Å². The topological polar surface area (TPSA) is 105 Å². The van der Waals surface area contributed by atoms with Crippen LogP contribution < -0.4 is 10.1 Å². The molecule has 32 heavy (non-hydrogen) atoms. The van der Waals surface area contributed by atoms with Gasteiger partial charge in [0.1, 0.15) is 4.21 Å². The minimum absolute atomic E-state index is 0.0716. The van der Waals surface area contributed by atoms with Crippen molar-refractivity contribution in [1.82, 2.24) is 15.0 Å². The lowest BCUT2D eigenvalue weighted by atomic mass is 10.1. The van der Waals surface area contributed by atoms with E-state index >= 15 is 0 Å². The summed E-state index contributed by atoms with van der Waals surface area (Å²) < 4.78 is 29.6. The van der Waals surface area contributed by atoms with Crippen molar-refractivity contribution in [3.63, 3.8) is 0 Å². The van der Waals surface area contributed by atoms with E-state index in [1.54, 1.807) is 18.4 Å². The Bertz CT molecular complexity index is 1350. The minimum Gasteiger partial charge on any atom is -0.324 e. The molecule has 162 valence electrons. The Morgan fingerprint density at radius 2 is 1.81 bits per heavy atom. The van der Waals surface area contributed by atoms with E-state index in [0.29, 0.717) is 5.71 Å². The van der Waals surface area contributed by atoms with Gasteiger partial charge in [0.25, 0.3) is 15.9 Å². The maximum atomic E-state index is 12.7. The number of rotatable bonds is 7. The van der Waals surface area contributed by atoms with Crippen molar-refractivity contribution in [2.45, 2.75) is 11.1 Å². The second kappa shape index (κ2) is 9.16. The highest BCUT2D eigenvalue weighted by molar-refractivity contribution is 7.94. The van der Waals surface area contributed by atoms with Crippen LogP contribution in [0.1, 0.15) is 22.8 Å². The molecule has 0 saturated carbocycles. The number of hydrogen-bond acceptors (Lipinski definition) is 6. The molecule has 10 heteroatoms. The van der Waals surface area contributed by atoms with E-state index in [-0.39, 0.29) is 15.5 Å². The molecule has 2 N–H and O–H groups in total. The predicted octanol–water partition coefficient (Wildman–Crippen LogP) is 3.89. The Morgan fingerprint density at radius 3 is 2.50 bits per heavy atom. The van der Waals surface area contributed by atoms with Crippen LogP contribution in [0.15, 0.2) is 94.1 Å². The number of benzene rings is 1. The van der Waals surface area contributed by atoms with Gasteiger partial charge in [-0.05, 0) is 54.3 Å². The Labute approximate surface area is 189 Å². The average Bonchev–Trinajstić information content (AvgIpc) is 3.52. The second-order valence-electron chi connectivity index (χ2n) is 6.73. The maximum absolute atomic E-state index is 12.7. The number of carbonyl (C=O) groups excluding carboxylic acids is 1. The van der Waals surface area contributed by atoms with Gasteiger partial charge in [-0.25, -0.2) is 13.8 Å². The number of pyridine rings is 1. The number of carbonyl (C=O) groups is 1. The van der Waals surface area contributed by atoms with Crippen LogP contribution in [0.2, 0.25) is 0 Å². The van der Waals surface area contributed by atoms with Crippen LogP contribution in [-0.4, -0.2) is 29.6 Å². The fourth-order valence-corrected chi connectivity index (χ4v) is 4.98. The molecule has 4 aromatic rings. The molecule has 1 aromatic carbocycles. The van der Waals surface area contributed by atoms with Gasteiger partial charge in [-0.3, -0.25) is 14.5 Å². The van der Waals surface area contributed by atoms with Crippen LogP contribution in [0.25, 0.3) is 5.69 Å². The van der Waals surface area contributed by atoms with Crippen LogP contribution in [-0.2, 0) is 10.0 Å². The highest BCUT2D eigenvalue weighted by Gasteiger charge is 2.19. The summed E-state index contributed by atoms with van der Waals surface area (Å²) in [4.78, 5) is 16.6. The number of hydrogen-bond donors (Lipinski definition) is 2. The number of hydrazone groups is 1. The smallest absolute Gasteiger partial charge is 0.273 e. The average molecular weight is 466 g/mol. The van der Waals surface area contributed by atoms with E-state index in [1.807, 2.05) is 53.4 Å². The van der Waals surface area contributed by atoms with Gasteiger partial charge < -0.3 is 4.57 Å². The summed E-state index contributed by atoms with van der Waals surface area (Å²) in [5.41, 5.74) is 5.12. The molecule has 0 spiro atoms. The van der Waals surface area contributed by atoms with Crippen molar-refractivity contribution in [3.8, 4) is 5.69 Å². The predicted molar refractivity (Wildman–Crippen MR) is 125 cm³/mol. The first-order valence-corrected chi connectivity index (χ1v) is 11.9. The van der Waals surface area contributed by atoms with Crippen molar-refractivity contribution < 1.29 is 13.2 Å². The molecule has 0 unspecified atom stereocenters. The lowest BCUT2D eigenvalue weighted by Crippen LogP contribution is -2.22. The molecule has 3 aromatic heterocycles. The molecule has 0 aliphatic heterocycles. The SMILES string of the molecule is CC(=NNC(=O)c1ccncc1NS(=O)(=O)c1cccs1)c1ccc(-n2cccc2)cc1. The third-order valence-corrected chi connectivity index (χ3v) is 7.35. The Morgan fingerprint density at radius 1 is 1.06 bits per heavy atom. The Kier molecular flexibility index (Phi) is 6.15. The van der Waals surface area contributed by atoms with E-state index in [9.17, 15) is 13.2 Å². The second-order valence-corrected chi connectivity index (χ2v) is 9.59. The van der Waals surface area contributed by atoms with E-state index in [2.05, 4.69) is 20.2 Å². The summed E-state index contributed by atoms with van der Waals surface area (Å²) in [6.07, 6.45) is 6.61. The monoisotopic (exact) mass is 465 g/mol. The van der Waals surface area contributed by atoms with Crippen LogP contribution in [0.3, 0.4) is 0 Å². The van der Waals surface area contributed by atoms with E-state index < -0.39 is 15.9 Å². The molecule has 0 fully saturated rings. The van der Waals surface area contributed by atoms with Gasteiger partial charge in [0.15, 0.2) is 0 Å². The van der Waals surface area contributed by atoms with Crippen LogP contribution in [0, 0.1) is 0 Å². The largest absolute Gasteiger partial charge is 0.324 e. The first-order chi connectivity index (χ1) is 15.4. The molecule has 0 aliphatic rings. The molecule has 8 nitrogen and oxygen atoms in total. The highest BCUT2D eigenvalue weighted by atomic mass is 32.2. The minimum atomic E-state index is -3.81. The molecule has 0 atom stereocenters. The zero-order valence-electron chi connectivity index (χ0n) is 17.0. The zero-order valence-corrected chi connectivity index (χ0v) is 18.6. The number of nitrogens with zero attached hydrogens (tertiary/aromatic N) is 3. The van der Waals surface area contributed by atoms with Crippen molar-refractivity contribution in [3.05, 3.63) is 95.9 Å². The molecule has 1 amide bonds. The summed E-state index contributed by atoms with van der Waals surface area (Å²) in [6.45, 7) is 1.78. The first kappa shape index (κ1) is 21.5. The normalized spacial score (nSPS) is 11.8. The molecule has 0 saturated heterocycles. The third-order valence-electron chi connectivity index (χ3n) is 4.58. The van der Waals surface area contributed by atoms with E-state index in [0.717, 1.165) is 22.6 Å². The summed E-state index contributed by atoms with van der Waals surface area (Å²) in [5.74, 6) is -0.556. The van der Waals surface area contributed by atoms with Gasteiger partial charge in [0, 0.05) is 24.3 Å². The Hall–Kier alpha value is -3.76. The zero-order chi connectivity index (χ0) is 22.6. The summed E-state index contributed by atoms with van der Waals surface area (Å²) in [5, 5.41) is 5.83. The molecule has 0 bridgehead atoms. The number of nitrogens with one attached hydrogen (secondary N) is 2. The fraction of sp³-hybridized carbons (Fsp3) is 0.0455. The van der Waals surface area contributed by atoms with Gasteiger partial charge in [-0.1, -0.05) is 18.2 Å². The van der Waals surface area contributed by atoms with E-state index in [4.69, 9.17) is 0 Å². The van der Waals surface area contributed by atoms with Crippen molar-refractivity contribution in [1.29, 1.82) is 0 Å². The number of sulfonamides is 1. The first-order valence-electron chi connectivity index (χ1n) is 9.53. The lowest BCUT2D eigenvalue weighted by Gasteiger charge is -2.10. The summed E-state index contributed by atoms with van der Waals surface area (Å²) in [7, 11) is -3.81. The molecular formula is C22H19N5O3S2. The molecule has 0 aliphatic carbocycles. The molecule has 3 heterocycles. The van der Waals surface area contributed by atoms with Crippen molar-refractivity contribution in [2.75, 3.05) is 4.72 Å². The number of anilines is 1. The Balaban J connectivity index is 1.49. The summed E-state index contributed by atoms with van der Waals surface area (Å²) >= 11 is 1.08. The van der Waals surface area contributed by atoms with Crippen molar-refractivity contribution in [2.24, 2.45) is 5.10 Å². The van der Waals surface area contributed by atoms with E-state index in [1.165, 1.54) is 24.5 Å². The van der Waals surface area contributed by atoms with Gasteiger partial charge in [-0.2, -0.15) is 5.10 Å². The van der Waals surface area contributed by atoms with Crippen molar-refractivity contribution >= 4 is 38.7 Å². The fourth-order valence-electron chi connectivity index (χ4n) is 2.93. The quantitative estimate of drug-likeness (QED) is 0.319. The highest BCUT2D eigenvalue weighted by Crippen LogP contribution is 2.22. The number of amides is 1. The van der Waals surface area contributed by atoms with Crippen LogP contribution in [0.5, 0.6) is 0 Å². The van der Waals surface area contributed by atoms with Gasteiger partial charge >= 0.3 is 0 Å². The van der Waals surface area contributed by atoms with Gasteiger partial charge in [-0.15, -0.1) is 11.3 Å². The molecule has 0 radical (unpaired) electrons. The molecular weight excluding hydrogens is 446 g/mol. The maximum Gasteiger partial charge on any atom is 0.273 e. The standard InChI is InChI=1S/C22H19N5O3S2/c1-16(17-6-8-18(9-7-17)27-12-2-3-13-27)24-25-22(28)19-10-11-23-15-20(19)26-32(29,30)21-5-4-14-31-21/h2-15,26H,1H3,(H,25,28). The number of thiophene rings is 1. The van der Waals surface area contributed by atoms with Crippen LogP contribution in [0.4, 0.5) is 5.69 Å². The number of aromatic nitrogens is 2.